The molecule has 136 valence electrons. The summed E-state index contributed by atoms with van der Waals surface area (Å²) < 4.78 is 12.4. The van der Waals surface area contributed by atoms with Gasteiger partial charge in [-0.15, -0.1) is 5.10 Å². The van der Waals surface area contributed by atoms with Crippen molar-refractivity contribution < 1.29 is 9.47 Å². The Bertz CT molecular complexity index is 880. The highest BCUT2D eigenvalue weighted by molar-refractivity contribution is 7.98. The second-order valence-electron chi connectivity index (χ2n) is 5.80. The first-order chi connectivity index (χ1) is 12.6. The third-order valence-corrected chi connectivity index (χ3v) is 5.05. The van der Waals surface area contributed by atoms with Gasteiger partial charge in [-0.3, -0.25) is 4.98 Å². The molecular formula is C18H21N5O2S. The van der Waals surface area contributed by atoms with E-state index in [1.807, 2.05) is 44.3 Å². The van der Waals surface area contributed by atoms with E-state index in [0.29, 0.717) is 12.3 Å². The van der Waals surface area contributed by atoms with Crippen LogP contribution in [-0.4, -0.2) is 39.4 Å². The molecule has 0 spiro atoms. The average Bonchev–Trinajstić information content (AvgIpc) is 3.09. The lowest BCUT2D eigenvalue weighted by Crippen LogP contribution is -2.04. The first-order valence-corrected chi connectivity index (χ1v) is 9.12. The van der Waals surface area contributed by atoms with Crippen LogP contribution in [0.1, 0.15) is 22.4 Å². The fraction of sp³-hybridized carbons (Fsp3) is 0.333. The van der Waals surface area contributed by atoms with Gasteiger partial charge in [0.15, 0.2) is 0 Å². The highest BCUT2D eigenvalue weighted by Gasteiger charge is 2.13. The van der Waals surface area contributed by atoms with E-state index in [0.717, 1.165) is 39.0 Å². The predicted molar refractivity (Wildman–Crippen MR) is 99.7 cm³/mol. The number of ether oxygens (including phenoxy) is 2. The minimum Gasteiger partial charge on any atom is -0.497 e. The van der Waals surface area contributed by atoms with Crippen molar-refractivity contribution in [1.82, 2.24) is 25.2 Å². The number of tetrazole rings is 1. The van der Waals surface area contributed by atoms with E-state index in [1.165, 1.54) is 0 Å². The number of methoxy groups -OCH3 is 2. The Labute approximate surface area is 156 Å². The van der Waals surface area contributed by atoms with Crippen LogP contribution in [0.4, 0.5) is 0 Å². The molecule has 0 radical (unpaired) electrons. The normalized spacial score (nSPS) is 10.8. The molecular weight excluding hydrogens is 350 g/mol. The number of hydrogen-bond donors (Lipinski definition) is 0. The van der Waals surface area contributed by atoms with Crippen LogP contribution >= 0.6 is 11.8 Å². The Balaban J connectivity index is 1.71. The monoisotopic (exact) mass is 371 g/mol. The highest BCUT2D eigenvalue weighted by Crippen LogP contribution is 2.28. The summed E-state index contributed by atoms with van der Waals surface area (Å²) in [6.45, 7) is 4.61. The molecule has 2 heterocycles. The lowest BCUT2D eigenvalue weighted by atomic mass is 10.1. The molecule has 0 saturated heterocycles. The minimum absolute atomic E-state index is 0.600. The molecule has 2 aromatic heterocycles. The van der Waals surface area contributed by atoms with Gasteiger partial charge in [0.2, 0.25) is 5.16 Å². The zero-order chi connectivity index (χ0) is 18.5. The Kier molecular flexibility index (Phi) is 5.72. The highest BCUT2D eigenvalue weighted by atomic mass is 32.2. The molecule has 0 fully saturated rings. The van der Waals surface area contributed by atoms with E-state index < -0.39 is 0 Å². The minimum atomic E-state index is 0.600. The summed E-state index contributed by atoms with van der Waals surface area (Å²) >= 11 is 1.56. The summed E-state index contributed by atoms with van der Waals surface area (Å²) in [6.07, 6.45) is 1.84. The van der Waals surface area contributed by atoms with Gasteiger partial charge in [0.25, 0.3) is 0 Å². The standard InChI is InChI=1S/C18H21N5O2S/c1-12-9-19-16(13(2)17(12)25-4)11-26-18-20-21-22-23(18)10-14-5-7-15(24-3)8-6-14/h5-9H,10-11H2,1-4H3. The summed E-state index contributed by atoms with van der Waals surface area (Å²) in [6, 6.07) is 7.87. The van der Waals surface area contributed by atoms with Gasteiger partial charge in [0.05, 0.1) is 26.5 Å². The maximum Gasteiger partial charge on any atom is 0.210 e. The first kappa shape index (κ1) is 18.2. The van der Waals surface area contributed by atoms with Gasteiger partial charge < -0.3 is 9.47 Å². The van der Waals surface area contributed by atoms with E-state index in [2.05, 4.69) is 20.5 Å². The van der Waals surface area contributed by atoms with Crippen LogP contribution in [0.25, 0.3) is 0 Å². The lowest BCUT2D eigenvalue weighted by Gasteiger charge is -2.12. The Morgan fingerprint density at radius 3 is 2.54 bits per heavy atom. The quantitative estimate of drug-likeness (QED) is 0.591. The number of aryl methyl sites for hydroxylation is 1. The van der Waals surface area contributed by atoms with Gasteiger partial charge in [-0.2, -0.15) is 0 Å². The number of rotatable bonds is 7. The summed E-state index contributed by atoms with van der Waals surface area (Å²) in [5.41, 5.74) is 4.15. The van der Waals surface area contributed by atoms with Gasteiger partial charge in [0, 0.05) is 23.1 Å². The lowest BCUT2D eigenvalue weighted by molar-refractivity contribution is 0.407. The molecule has 0 N–H and O–H groups in total. The fourth-order valence-corrected chi connectivity index (χ4v) is 3.55. The molecule has 0 bridgehead atoms. The third-order valence-electron chi connectivity index (χ3n) is 4.08. The number of aromatic nitrogens is 5. The largest absolute Gasteiger partial charge is 0.497 e. The van der Waals surface area contributed by atoms with Crippen LogP contribution < -0.4 is 9.47 Å². The molecule has 0 saturated carbocycles. The van der Waals surface area contributed by atoms with Crippen LogP contribution in [0.5, 0.6) is 11.5 Å². The summed E-state index contributed by atoms with van der Waals surface area (Å²) in [5, 5.41) is 12.8. The van der Waals surface area contributed by atoms with Crippen LogP contribution in [0.3, 0.4) is 0 Å². The molecule has 0 aliphatic carbocycles. The Hall–Kier alpha value is -2.61. The van der Waals surface area contributed by atoms with E-state index in [1.54, 1.807) is 30.7 Å². The van der Waals surface area contributed by atoms with Gasteiger partial charge in [-0.1, -0.05) is 23.9 Å². The number of hydrogen-bond acceptors (Lipinski definition) is 7. The molecule has 0 atom stereocenters. The summed E-state index contributed by atoms with van der Waals surface area (Å²) in [7, 11) is 3.34. The molecule has 0 aliphatic heterocycles. The van der Waals surface area contributed by atoms with Gasteiger partial charge in [-0.05, 0) is 42.0 Å². The molecule has 7 nitrogen and oxygen atoms in total. The van der Waals surface area contributed by atoms with Crippen LogP contribution in [0.2, 0.25) is 0 Å². The number of pyridine rings is 1. The second kappa shape index (κ2) is 8.18. The van der Waals surface area contributed by atoms with Crippen molar-refractivity contribution in [2.45, 2.75) is 31.3 Å². The average molecular weight is 371 g/mol. The van der Waals surface area contributed by atoms with Crippen molar-refractivity contribution in [1.29, 1.82) is 0 Å². The second-order valence-corrected chi connectivity index (χ2v) is 6.74. The van der Waals surface area contributed by atoms with Crippen molar-refractivity contribution in [2.75, 3.05) is 14.2 Å². The van der Waals surface area contributed by atoms with Gasteiger partial charge in [-0.25, -0.2) is 4.68 Å². The predicted octanol–water partition coefficient (Wildman–Crippen LogP) is 3.04. The Morgan fingerprint density at radius 2 is 1.85 bits per heavy atom. The topological polar surface area (TPSA) is 75.0 Å². The van der Waals surface area contributed by atoms with Crippen LogP contribution in [0.15, 0.2) is 35.6 Å². The van der Waals surface area contributed by atoms with Crippen molar-refractivity contribution in [2.24, 2.45) is 0 Å². The molecule has 3 rings (SSSR count). The third kappa shape index (κ3) is 3.96. The number of benzene rings is 1. The molecule has 0 amide bonds. The molecule has 26 heavy (non-hydrogen) atoms. The Morgan fingerprint density at radius 1 is 1.08 bits per heavy atom. The molecule has 0 aliphatic rings. The first-order valence-electron chi connectivity index (χ1n) is 8.13. The van der Waals surface area contributed by atoms with Crippen LogP contribution in [0, 0.1) is 13.8 Å². The summed E-state index contributed by atoms with van der Waals surface area (Å²) in [5.74, 6) is 2.38. The van der Waals surface area contributed by atoms with Crippen molar-refractivity contribution in [3.05, 3.63) is 52.8 Å². The van der Waals surface area contributed by atoms with Gasteiger partial charge in [0.1, 0.15) is 11.5 Å². The molecule has 3 aromatic rings. The van der Waals surface area contributed by atoms with Crippen LogP contribution in [-0.2, 0) is 12.3 Å². The molecule has 0 unspecified atom stereocenters. The molecule has 8 heteroatoms. The zero-order valence-corrected chi connectivity index (χ0v) is 16.1. The van der Waals surface area contributed by atoms with Crippen molar-refractivity contribution >= 4 is 11.8 Å². The molecule has 1 aromatic carbocycles. The van der Waals surface area contributed by atoms with E-state index >= 15 is 0 Å². The summed E-state index contributed by atoms with van der Waals surface area (Å²) in [4.78, 5) is 4.53. The maximum absolute atomic E-state index is 5.47. The smallest absolute Gasteiger partial charge is 0.210 e. The maximum atomic E-state index is 5.47. The number of nitrogens with zero attached hydrogens (tertiary/aromatic N) is 5. The van der Waals surface area contributed by atoms with Crippen molar-refractivity contribution in [3.8, 4) is 11.5 Å². The van der Waals surface area contributed by atoms with E-state index in [-0.39, 0.29) is 0 Å². The zero-order valence-electron chi connectivity index (χ0n) is 15.3. The number of thioether (sulfide) groups is 1. The SMILES string of the molecule is COc1ccc(Cn2nnnc2SCc2ncc(C)c(OC)c2C)cc1. The van der Waals surface area contributed by atoms with E-state index in [4.69, 9.17) is 9.47 Å². The van der Waals surface area contributed by atoms with Crippen molar-refractivity contribution in [3.63, 3.8) is 0 Å². The van der Waals surface area contributed by atoms with Gasteiger partial charge >= 0.3 is 0 Å². The van der Waals surface area contributed by atoms with E-state index in [9.17, 15) is 0 Å². The fourth-order valence-electron chi connectivity index (χ4n) is 2.65.